The van der Waals surface area contributed by atoms with Gasteiger partial charge in [-0.3, -0.25) is 4.98 Å². The molecule has 1 aromatic heterocycles. The van der Waals surface area contributed by atoms with Crippen molar-refractivity contribution < 1.29 is 4.39 Å². The summed E-state index contributed by atoms with van der Waals surface area (Å²) in [5.41, 5.74) is 6.70. The first-order chi connectivity index (χ1) is 8.02. The van der Waals surface area contributed by atoms with Gasteiger partial charge in [0, 0.05) is 17.8 Å². The second kappa shape index (κ2) is 4.41. The third-order valence-electron chi connectivity index (χ3n) is 3.02. The average molecular weight is 232 g/mol. The Morgan fingerprint density at radius 3 is 2.82 bits per heavy atom. The molecule has 0 fully saturated rings. The maximum Gasteiger partial charge on any atom is 0.124 e. The second-order valence-electron chi connectivity index (χ2n) is 5.21. The summed E-state index contributed by atoms with van der Waals surface area (Å²) in [4.78, 5) is 4.02. The summed E-state index contributed by atoms with van der Waals surface area (Å²) in [5, 5.41) is 1.90. The number of hydrogen-bond acceptors (Lipinski definition) is 2. The monoisotopic (exact) mass is 232 g/mol. The van der Waals surface area contributed by atoms with Crippen LogP contribution in [0.25, 0.3) is 10.8 Å². The maximum atomic E-state index is 13.5. The van der Waals surface area contributed by atoms with Crippen molar-refractivity contribution in [3.63, 3.8) is 0 Å². The smallest absolute Gasteiger partial charge is 0.124 e. The summed E-state index contributed by atoms with van der Waals surface area (Å²) in [6, 6.07) is 5.04. The molecule has 0 saturated carbocycles. The van der Waals surface area contributed by atoms with E-state index in [0.29, 0.717) is 6.54 Å². The van der Waals surface area contributed by atoms with E-state index in [4.69, 9.17) is 5.73 Å². The lowest BCUT2D eigenvalue weighted by Crippen LogP contribution is -2.26. The number of fused-ring (bicyclic) bond motifs is 1. The van der Waals surface area contributed by atoms with Crippen molar-refractivity contribution in [3.8, 4) is 0 Å². The number of hydrogen-bond donors (Lipinski definition) is 1. The lowest BCUT2D eigenvalue weighted by molar-refractivity contribution is 0.377. The largest absolute Gasteiger partial charge is 0.330 e. The Kier molecular flexibility index (Phi) is 3.11. The van der Waals surface area contributed by atoms with Crippen LogP contribution in [0.2, 0.25) is 0 Å². The molecule has 2 N–H and O–H groups in total. The van der Waals surface area contributed by atoms with Gasteiger partial charge in [0.1, 0.15) is 5.82 Å². The third-order valence-corrected chi connectivity index (χ3v) is 3.02. The summed E-state index contributed by atoms with van der Waals surface area (Å²) >= 11 is 0. The van der Waals surface area contributed by atoms with Gasteiger partial charge < -0.3 is 5.73 Å². The van der Waals surface area contributed by atoms with Crippen molar-refractivity contribution in [1.82, 2.24) is 4.98 Å². The second-order valence-corrected chi connectivity index (χ2v) is 5.21. The summed E-state index contributed by atoms with van der Waals surface area (Å²) in [6.07, 6.45) is 4.19. The van der Waals surface area contributed by atoms with Crippen LogP contribution in [-0.4, -0.2) is 11.5 Å². The number of rotatable bonds is 3. The number of halogens is 1. The minimum Gasteiger partial charge on any atom is -0.330 e. The van der Waals surface area contributed by atoms with Crippen LogP contribution >= 0.6 is 0 Å². The van der Waals surface area contributed by atoms with Crippen LogP contribution in [0, 0.1) is 11.2 Å². The summed E-state index contributed by atoms with van der Waals surface area (Å²) < 4.78 is 13.5. The molecular formula is C14H17FN2. The van der Waals surface area contributed by atoms with Crippen molar-refractivity contribution in [1.29, 1.82) is 0 Å². The zero-order valence-electron chi connectivity index (χ0n) is 10.2. The van der Waals surface area contributed by atoms with E-state index in [-0.39, 0.29) is 11.2 Å². The van der Waals surface area contributed by atoms with Crippen LogP contribution < -0.4 is 5.73 Å². The molecule has 90 valence electrons. The molecular weight excluding hydrogens is 215 g/mol. The Morgan fingerprint density at radius 1 is 1.35 bits per heavy atom. The normalized spacial score (nSPS) is 12.0. The highest BCUT2D eigenvalue weighted by molar-refractivity contribution is 5.84. The first kappa shape index (κ1) is 12.0. The van der Waals surface area contributed by atoms with E-state index in [2.05, 4.69) is 18.8 Å². The topological polar surface area (TPSA) is 38.9 Å². The Balaban J connectivity index is 2.53. The molecule has 0 aliphatic heterocycles. The van der Waals surface area contributed by atoms with E-state index >= 15 is 0 Å². The Morgan fingerprint density at radius 2 is 2.12 bits per heavy atom. The average Bonchev–Trinajstić information content (AvgIpc) is 2.28. The highest BCUT2D eigenvalue weighted by Crippen LogP contribution is 2.26. The van der Waals surface area contributed by atoms with Gasteiger partial charge in [0.05, 0.1) is 0 Å². The van der Waals surface area contributed by atoms with Crippen molar-refractivity contribution in [3.05, 3.63) is 42.0 Å². The van der Waals surface area contributed by atoms with Gasteiger partial charge in [-0.1, -0.05) is 13.8 Å². The highest BCUT2D eigenvalue weighted by atomic mass is 19.1. The molecule has 0 radical (unpaired) electrons. The Hall–Kier alpha value is -1.48. The number of aromatic nitrogens is 1. The fourth-order valence-electron chi connectivity index (χ4n) is 1.98. The fraction of sp³-hybridized carbons (Fsp3) is 0.357. The molecule has 0 aliphatic carbocycles. The Bertz CT molecular complexity index is 535. The van der Waals surface area contributed by atoms with Gasteiger partial charge in [-0.2, -0.15) is 0 Å². The number of nitrogens with two attached hydrogens (primary N) is 1. The zero-order valence-corrected chi connectivity index (χ0v) is 10.2. The minimum absolute atomic E-state index is 0.0238. The van der Waals surface area contributed by atoms with Crippen LogP contribution in [-0.2, 0) is 6.42 Å². The van der Waals surface area contributed by atoms with Gasteiger partial charge in [-0.15, -0.1) is 0 Å². The fourth-order valence-corrected chi connectivity index (χ4v) is 1.98. The molecule has 2 rings (SSSR count). The zero-order chi connectivity index (χ0) is 12.5. The predicted molar refractivity (Wildman–Crippen MR) is 68.2 cm³/mol. The maximum absolute atomic E-state index is 13.5. The van der Waals surface area contributed by atoms with Crippen molar-refractivity contribution in [2.24, 2.45) is 11.1 Å². The lowest BCUT2D eigenvalue weighted by atomic mass is 9.84. The van der Waals surface area contributed by atoms with Crippen LogP contribution in [0.15, 0.2) is 30.6 Å². The molecule has 0 atom stereocenters. The molecule has 0 bridgehead atoms. The minimum atomic E-state index is -0.215. The Labute approximate surface area is 101 Å². The van der Waals surface area contributed by atoms with Crippen LogP contribution in [0.3, 0.4) is 0 Å². The molecule has 2 aromatic rings. The van der Waals surface area contributed by atoms with Crippen LogP contribution in [0.4, 0.5) is 4.39 Å². The first-order valence-electron chi connectivity index (χ1n) is 5.74. The van der Waals surface area contributed by atoms with Crippen LogP contribution in [0.1, 0.15) is 19.4 Å². The van der Waals surface area contributed by atoms with Gasteiger partial charge in [0.2, 0.25) is 0 Å². The standard InChI is InChI=1S/C14H17FN2/c1-14(2,9-16)7-10-5-12(15)6-11-8-17-4-3-13(10)11/h3-6,8H,7,9,16H2,1-2H3. The molecule has 1 aromatic carbocycles. The van der Waals surface area contributed by atoms with Gasteiger partial charge >= 0.3 is 0 Å². The van der Waals surface area contributed by atoms with Crippen molar-refractivity contribution >= 4 is 10.8 Å². The van der Waals surface area contributed by atoms with E-state index in [1.165, 1.54) is 6.07 Å². The molecule has 0 amide bonds. The SMILES string of the molecule is CC(C)(CN)Cc1cc(F)cc2cnccc12. The molecule has 1 heterocycles. The first-order valence-corrected chi connectivity index (χ1v) is 5.74. The van der Waals surface area contributed by atoms with Crippen LogP contribution in [0.5, 0.6) is 0 Å². The van der Waals surface area contributed by atoms with E-state index in [1.807, 2.05) is 6.07 Å². The van der Waals surface area contributed by atoms with Gasteiger partial charge in [0.15, 0.2) is 0 Å². The molecule has 0 aliphatic rings. The van der Waals surface area contributed by atoms with Gasteiger partial charge in [-0.05, 0) is 47.5 Å². The molecule has 3 heteroatoms. The van der Waals surface area contributed by atoms with E-state index in [1.54, 1.807) is 18.5 Å². The number of nitrogens with zero attached hydrogens (tertiary/aromatic N) is 1. The lowest BCUT2D eigenvalue weighted by Gasteiger charge is -2.23. The van der Waals surface area contributed by atoms with E-state index in [9.17, 15) is 4.39 Å². The third kappa shape index (κ3) is 2.61. The molecule has 17 heavy (non-hydrogen) atoms. The van der Waals surface area contributed by atoms with Gasteiger partial charge in [0.25, 0.3) is 0 Å². The van der Waals surface area contributed by atoms with E-state index in [0.717, 1.165) is 22.8 Å². The quantitative estimate of drug-likeness (QED) is 0.883. The van der Waals surface area contributed by atoms with E-state index < -0.39 is 0 Å². The van der Waals surface area contributed by atoms with Crippen molar-refractivity contribution in [2.75, 3.05) is 6.54 Å². The predicted octanol–water partition coefficient (Wildman–Crippen LogP) is 2.90. The number of benzene rings is 1. The summed E-state index contributed by atoms with van der Waals surface area (Å²) in [7, 11) is 0. The summed E-state index contributed by atoms with van der Waals surface area (Å²) in [5.74, 6) is -0.215. The molecule has 0 unspecified atom stereocenters. The molecule has 0 spiro atoms. The van der Waals surface area contributed by atoms with Crippen molar-refractivity contribution in [2.45, 2.75) is 20.3 Å². The molecule has 0 saturated heterocycles. The number of pyridine rings is 1. The van der Waals surface area contributed by atoms with Gasteiger partial charge in [-0.25, -0.2) is 4.39 Å². The summed E-state index contributed by atoms with van der Waals surface area (Å²) in [6.45, 7) is 4.76. The highest BCUT2D eigenvalue weighted by Gasteiger charge is 2.18. The molecule has 2 nitrogen and oxygen atoms in total.